The van der Waals surface area contributed by atoms with Crippen molar-refractivity contribution in [1.29, 1.82) is 0 Å². The predicted octanol–water partition coefficient (Wildman–Crippen LogP) is 5.43. The molecule has 166 valence electrons. The fourth-order valence-electron chi connectivity index (χ4n) is 3.02. The summed E-state index contributed by atoms with van der Waals surface area (Å²) in [5.41, 5.74) is 2.17. The van der Waals surface area contributed by atoms with Crippen LogP contribution in [0.1, 0.15) is 32.8 Å². The van der Waals surface area contributed by atoms with E-state index in [0.717, 1.165) is 11.3 Å². The van der Waals surface area contributed by atoms with Crippen LogP contribution in [-0.4, -0.2) is 22.8 Å². The monoisotopic (exact) mass is 465 g/mol. The van der Waals surface area contributed by atoms with Crippen molar-refractivity contribution in [2.24, 2.45) is 0 Å². The van der Waals surface area contributed by atoms with Gasteiger partial charge in [0.05, 0.1) is 5.52 Å². The number of fused-ring (bicyclic) bond motifs is 1. The van der Waals surface area contributed by atoms with Crippen molar-refractivity contribution in [3.8, 4) is 0 Å². The smallest absolute Gasteiger partial charge is 0.419 e. The highest BCUT2D eigenvalue weighted by atomic mass is 35.5. The van der Waals surface area contributed by atoms with Gasteiger partial charge in [-0.25, -0.2) is 9.59 Å². The molecule has 0 radical (unpaired) electrons. The minimum Gasteiger partial charge on any atom is -0.444 e. The maximum absolute atomic E-state index is 12.3. The number of carbonyl (C=O) groups excluding carboxylic acids is 1. The topological polar surface area (TPSA) is 85.5 Å². The summed E-state index contributed by atoms with van der Waals surface area (Å²) in [6.45, 7) is 6.63. The van der Waals surface area contributed by atoms with Crippen LogP contribution in [0.2, 0.25) is 10.0 Å². The summed E-state index contributed by atoms with van der Waals surface area (Å²) in [6.07, 6.45) is 0.0740. The number of anilines is 1. The molecule has 0 saturated heterocycles. The van der Waals surface area contributed by atoms with Gasteiger partial charge in [-0.3, -0.25) is 4.57 Å². The normalized spacial score (nSPS) is 11.5. The summed E-state index contributed by atoms with van der Waals surface area (Å²) in [5, 5.41) is 7.09. The van der Waals surface area contributed by atoms with Gasteiger partial charge in [0.2, 0.25) is 0 Å². The van der Waals surface area contributed by atoms with Crippen molar-refractivity contribution in [3.05, 3.63) is 62.6 Å². The largest absolute Gasteiger partial charge is 0.444 e. The number of halogens is 2. The van der Waals surface area contributed by atoms with E-state index in [2.05, 4.69) is 10.6 Å². The van der Waals surface area contributed by atoms with Gasteiger partial charge in [0.15, 0.2) is 5.58 Å². The number of alkyl carbamates (subject to hydrolysis) is 1. The van der Waals surface area contributed by atoms with Crippen molar-refractivity contribution < 1.29 is 13.9 Å². The number of ether oxygens (including phenoxy) is 1. The number of carbonyl (C=O) groups is 1. The first kappa shape index (κ1) is 23.0. The molecule has 0 bridgehead atoms. The van der Waals surface area contributed by atoms with Gasteiger partial charge < -0.3 is 19.8 Å². The maximum atomic E-state index is 12.3. The van der Waals surface area contributed by atoms with Crippen molar-refractivity contribution in [2.75, 3.05) is 11.9 Å². The van der Waals surface area contributed by atoms with Gasteiger partial charge in [0, 0.05) is 47.0 Å². The molecule has 0 aliphatic carbocycles. The number of aryl methyl sites for hydroxylation is 1. The van der Waals surface area contributed by atoms with Crippen LogP contribution in [0.15, 0.2) is 45.6 Å². The van der Waals surface area contributed by atoms with E-state index in [0.29, 0.717) is 47.2 Å². The molecule has 0 atom stereocenters. The highest BCUT2D eigenvalue weighted by molar-refractivity contribution is 6.36. The highest BCUT2D eigenvalue weighted by Crippen LogP contribution is 2.26. The van der Waals surface area contributed by atoms with Crippen molar-refractivity contribution in [2.45, 2.75) is 45.9 Å². The summed E-state index contributed by atoms with van der Waals surface area (Å²) >= 11 is 12.4. The molecule has 0 unspecified atom stereocenters. The first-order valence-electron chi connectivity index (χ1n) is 9.91. The van der Waals surface area contributed by atoms with Crippen LogP contribution in [0, 0.1) is 0 Å². The third kappa shape index (κ3) is 6.18. The summed E-state index contributed by atoms with van der Waals surface area (Å²) in [4.78, 5) is 24.0. The van der Waals surface area contributed by atoms with Gasteiger partial charge in [0.25, 0.3) is 0 Å². The van der Waals surface area contributed by atoms with E-state index in [1.807, 2.05) is 12.1 Å². The van der Waals surface area contributed by atoms with Gasteiger partial charge in [-0.1, -0.05) is 29.3 Å². The Hall–Kier alpha value is -2.64. The number of amides is 1. The Bertz CT molecular complexity index is 1110. The van der Waals surface area contributed by atoms with E-state index in [-0.39, 0.29) is 0 Å². The molecule has 7 nitrogen and oxygen atoms in total. The lowest BCUT2D eigenvalue weighted by Gasteiger charge is -2.19. The van der Waals surface area contributed by atoms with E-state index < -0.39 is 17.5 Å². The van der Waals surface area contributed by atoms with E-state index in [1.54, 1.807) is 49.6 Å². The van der Waals surface area contributed by atoms with Crippen LogP contribution in [0.4, 0.5) is 10.5 Å². The van der Waals surface area contributed by atoms with E-state index in [4.69, 9.17) is 32.4 Å². The summed E-state index contributed by atoms with van der Waals surface area (Å²) in [5.74, 6) is -0.446. The lowest BCUT2D eigenvalue weighted by Crippen LogP contribution is -2.33. The molecule has 3 aromatic rings. The highest BCUT2D eigenvalue weighted by Gasteiger charge is 2.16. The SMILES string of the molecule is CC(C)(C)OC(=O)NCCCn1c(=O)oc2cc(NCc3c(Cl)cccc3Cl)ccc21. The molecular formula is C22H25Cl2N3O4. The summed E-state index contributed by atoms with van der Waals surface area (Å²) < 4.78 is 12.1. The Kier molecular flexibility index (Phi) is 7.18. The summed E-state index contributed by atoms with van der Waals surface area (Å²) in [6, 6.07) is 10.8. The molecule has 1 aromatic heterocycles. The molecular weight excluding hydrogens is 441 g/mol. The summed E-state index contributed by atoms with van der Waals surface area (Å²) in [7, 11) is 0. The van der Waals surface area contributed by atoms with Crippen molar-refractivity contribution in [1.82, 2.24) is 9.88 Å². The maximum Gasteiger partial charge on any atom is 0.419 e. The van der Waals surface area contributed by atoms with Crippen molar-refractivity contribution >= 4 is 46.1 Å². The van der Waals surface area contributed by atoms with Gasteiger partial charge >= 0.3 is 11.8 Å². The molecule has 31 heavy (non-hydrogen) atoms. The zero-order valence-corrected chi connectivity index (χ0v) is 19.1. The third-order valence-corrected chi connectivity index (χ3v) is 5.13. The number of nitrogens with zero attached hydrogens (tertiary/aromatic N) is 1. The number of hydrogen-bond acceptors (Lipinski definition) is 5. The second-order valence-electron chi connectivity index (χ2n) is 8.04. The number of rotatable bonds is 7. The molecule has 0 fully saturated rings. The molecule has 1 heterocycles. The van der Waals surface area contributed by atoms with E-state index in [9.17, 15) is 9.59 Å². The Morgan fingerprint density at radius 2 is 1.87 bits per heavy atom. The molecule has 0 saturated carbocycles. The van der Waals surface area contributed by atoms with Gasteiger partial charge in [0.1, 0.15) is 5.60 Å². The Labute approximate surface area is 190 Å². The molecule has 0 aliphatic rings. The van der Waals surface area contributed by atoms with Gasteiger partial charge in [-0.15, -0.1) is 0 Å². The third-order valence-electron chi connectivity index (χ3n) is 4.43. The van der Waals surface area contributed by atoms with Crippen LogP contribution in [0.3, 0.4) is 0 Å². The second kappa shape index (κ2) is 9.66. The van der Waals surface area contributed by atoms with Crippen LogP contribution in [-0.2, 0) is 17.8 Å². The fourth-order valence-corrected chi connectivity index (χ4v) is 3.55. The van der Waals surface area contributed by atoms with E-state index in [1.165, 1.54) is 0 Å². The minimum absolute atomic E-state index is 0.381. The predicted molar refractivity (Wildman–Crippen MR) is 123 cm³/mol. The number of nitrogens with one attached hydrogen (secondary N) is 2. The lowest BCUT2D eigenvalue weighted by molar-refractivity contribution is 0.0526. The minimum atomic E-state index is -0.551. The second-order valence-corrected chi connectivity index (χ2v) is 8.85. The van der Waals surface area contributed by atoms with Gasteiger partial charge in [-0.05, 0) is 51.5 Å². The zero-order chi connectivity index (χ0) is 22.6. The number of hydrogen-bond donors (Lipinski definition) is 2. The molecule has 2 aromatic carbocycles. The Morgan fingerprint density at radius 3 is 2.55 bits per heavy atom. The van der Waals surface area contributed by atoms with Crippen LogP contribution in [0.5, 0.6) is 0 Å². The van der Waals surface area contributed by atoms with Crippen LogP contribution in [0.25, 0.3) is 11.1 Å². The molecule has 1 amide bonds. The van der Waals surface area contributed by atoms with Crippen molar-refractivity contribution in [3.63, 3.8) is 0 Å². The molecule has 0 spiro atoms. The van der Waals surface area contributed by atoms with E-state index >= 15 is 0 Å². The molecule has 0 aliphatic heterocycles. The Morgan fingerprint density at radius 1 is 1.16 bits per heavy atom. The quantitative estimate of drug-likeness (QED) is 0.454. The molecule has 3 rings (SSSR count). The first-order valence-corrected chi connectivity index (χ1v) is 10.7. The molecule has 9 heteroatoms. The average molecular weight is 466 g/mol. The Balaban J connectivity index is 1.61. The lowest BCUT2D eigenvalue weighted by atomic mass is 10.2. The number of oxazole rings is 1. The number of aromatic nitrogens is 1. The van der Waals surface area contributed by atoms with Crippen LogP contribution >= 0.6 is 23.2 Å². The van der Waals surface area contributed by atoms with Crippen LogP contribution < -0.4 is 16.4 Å². The standard InChI is InChI=1S/C22H25Cl2N3O4/c1-22(2,3)31-20(28)25-10-5-11-27-18-9-8-14(12-19(18)30-21(27)29)26-13-15-16(23)6-4-7-17(15)24/h4,6-9,12,26H,5,10-11,13H2,1-3H3,(H,25,28). The average Bonchev–Trinajstić information content (AvgIpc) is 2.98. The molecule has 2 N–H and O–H groups in total. The first-order chi connectivity index (χ1) is 14.6. The van der Waals surface area contributed by atoms with Gasteiger partial charge in [-0.2, -0.15) is 0 Å². The fraction of sp³-hybridized carbons (Fsp3) is 0.364. The number of benzene rings is 2. The zero-order valence-electron chi connectivity index (χ0n) is 17.6.